The van der Waals surface area contributed by atoms with Gasteiger partial charge < -0.3 is 10.2 Å². The zero-order chi connectivity index (χ0) is 18.8. The Kier molecular flexibility index (Phi) is 6.73. The molecule has 7 heteroatoms. The summed E-state index contributed by atoms with van der Waals surface area (Å²) in [4.78, 5) is 15.1. The van der Waals surface area contributed by atoms with E-state index in [4.69, 9.17) is 0 Å². The molecule has 1 aromatic carbocycles. The van der Waals surface area contributed by atoms with Crippen molar-refractivity contribution in [2.75, 3.05) is 26.2 Å². The highest BCUT2D eigenvalue weighted by Crippen LogP contribution is 2.30. The first-order valence-electron chi connectivity index (χ1n) is 10.0. The van der Waals surface area contributed by atoms with E-state index in [1.165, 1.54) is 6.07 Å². The molecule has 4 rings (SSSR count). The van der Waals surface area contributed by atoms with Crippen molar-refractivity contribution < 1.29 is 9.18 Å². The summed E-state index contributed by atoms with van der Waals surface area (Å²) in [5.41, 5.74) is 2.96. The van der Waals surface area contributed by atoms with E-state index >= 15 is 0 Å². The van der Waals surface area contributed by atoms with Gasteiger partial charge in [-0.05, 0) is 63.2 Å². The number of aromatic nitrogens is 2. The molecule has 0 bridgehead atoms. The molecule has 2 aromatic rings. The predicted molar refractivity (Wildman–Crippen MR) is 110 cm³/mol. The Labute approximate surface area is 171 Å². The second-order valence-electron chi connectivity index (χ2n) is 7.53. The first-order chi connectivity index (χ1) is 13.2. The Morgan fingerprint density at radius 1 is 1.25 bits per heavy atom. The summed E-state index contributed by atoms with van der Waals surface area (Å²) in [6.07, 6.45) is 4.73. The van der Waals surface area contributed by atoms with Crippen molar-refractivity contribution >= 4 is 18.3 Å². The van der Waals surface area contributed by atoms with Crippen LogP contribution in [0, 0.1) is 11.7 Å². The molecule has 5 nitrogen and oxygen atoms in total. The molecule has 1 fully saturated rings. The smallest absolute Gasteiger partial charge is 0.274 e. The van der Waals surface area contributed by atoms with Gasteiger partial charge in [0.2, 0.25) is 0 Å². The molecule has 152 valence electrons. The molecule has 28 heavy (non-hydrogen) atoms. The van der Waals surface area contributed by atoms with Gasteiger partial charge in [0, 0.05) is 24.3 Å². The third-order valence-electron chi connectivity index (χ3n) is 5.80. The van der Waals surface area contributed by atoms with E-state index in [0.717, 1.165) is 69.5 Å². The van der Waals surface area contributed by atoms with E-state index in [1.807, 2.05) is 4.90 Å². The number of amides is 1. The number of para-hydroxylation sites is 1. The number of carbonyl (C=O) groups is 1. The van der Waals surface area contributed by atoms with Crippen molar-refractivity contribution in [1.29, 1.82) is 0 Å². The molecule has 2 aliphatic rings. The molecule has 0 saturated carbocycles. The van der Waals surface area contributed by atoms with Gasteiger partial charge in [0.25, 0.3) is 5.91 Å². The number of halogens is 2. The maximum absolute atomic E-state index is 14.3. The van der Waals surface area contributed by atoms with Gasteiger partial charge in [0.1, 0.15) is 11.5 Å². The van der Waals surface area contributed by atoms with E-state index in [2.05, 4.69) is 17.3 Å². The van der Waals surface area contributed by atoms with Crippen LogP contribution in [0.1, 0.15) is 47.9 Å². The molecule has 1 aliphatic heterocycles. The largest absolute Gasteiger partial charge is 0.337 e. The molecule has 0 unspecified atom stereocenters. The lowest BCUT2D eigenvalue weighted by Gasteiger charge is -2.31. The number of hydrogen-bond acceptors (Lipinski definition) is 3. The predicted octanol–water partition coefficient (Wildman–Crippen LogP) is 3.38. The van der Waals surface area contributed by atoms with Gasteiger partial charge >= 0.3 is 0 Å². The molecule has 1 aromatic heterocycles. The van der Waals surface area contributed by atoms with Crippen molar-refractivity contribution in [3.63, 3.8) is 0 Å². The maximum Gasteiger partial charge on any atom is 0.274 e. The quantitative estimate of drug-likeness (QED) is 0.828. The van der Waals surface area contributed by atoms with Crippen LogP contribution in [-0.2, 0) is 12.8 Å². The number of nitrogens with one attached hydrogen (secondary N) is 1. The van der Waals surface area contributed by atoms with Gasteiger partial charge in [-0.25, -0.2) is 9.07 Å². The van der Waals surface area contributed by atoms with Crippen LogP contribution in [0.15, 0.2) is 24.3 Å². The van der Waals surface area contributed by atoms with Crippen LogP contribution in [0.4, 0.5) is 4.39 Å². The maximum atomic E-state index is 14.3. The first-order valence-corrected chi connectivity index (χ1v) is 10.0. The standard InChI is InChI=1S/C21H27FN4O.ClH/c1-2-23-14-15-10-12-25(13-11-15)21(27)20-16-6-5-9-18(16)26(24-20)19-8-4-3-7-17(19)22;/h3-4,7-8,15,23H,2,5-6,9-14H2,1H3;1H. The monoisotopic (exact) mass is 406 g/mol. The topological polar surface area (TPSA) is 50.2 Å². The van der Waals surface area contributed by atoms with Gasteiger partial charge in [-0.3, -0.25) is 4.79 Å². The minimum atomic E-state index is -0.307. The van der Waals surface area contributed by atoms with Crippen molar-refractivity contribution in [3.05, 3.63) is 47.0 Å². The highest BCUT2D eigenvalue weighted by atomic mass is 35.5. The fourth-order valence-corrected chi connectivity index (χ4v) is 4.27. The molecule has 1 aliphatic carbocycles. The van der Waals surface area contributed by atoms with Crippen LogP contribution in [0.3, 0.4) is 0 Å². The average Bonchev–Trinajstić information content (AvgIpc) is 3.30. The van der Waals surface area contributed by atoms with Crippen LogP contribution in [-0.4, -0.2) is 46.8 Å². The van der Waals surface area contributed by atoms with Crippen molar-refractivity contribution in [2.24, 2.45) is 5.92 Å². The van der Waals surface area contributed by atoms with E-state index in [9.17, 15) is 9.18 Å². The van der Waals surface area contributed by atoms with Gasteiger partial charge in [-0.15, -0.1) is 12.4 Å². The lowest BCUT2D eigenvalue weighted by molar-refractivity contribution is 0.0682. The van der Waals surface area contributed by atoms with E-state index in [-0.39, 0.29) is 24.1 Å². The van der Waals surface area contributed by atoms with Crippen LogP contribution in [0.5, 0.6) is 0 Å². The molecular formula is C21H28ClFN4O. The van der Waals surface area contributed by atoms with Crippen molar-refractivity contribution in [1.82, 2.24) is 20.0 Å². The number of carbonyl (C=O) groups excluding carboxylic acids is 1. The number of benzene rings is 1. The molecule has 0 spiro atoms. The molecular weight excluding hydrogens is 379 g/mol. The zero-order valence-corrected chi connectivity index (χ0v) is 17.1. The minimum absolute atomic E-state index is 0. The van der Waals surface area contributed by atoms with Gasteiger partial charge in [0.15, 0.2) is 5.69 Å². The Hall–Kier alpha value is -1.92. The molecule has 0 radical (unpaired) electrons. The lowest BCUT2D eigenvalue weighted by Crippen LogP contribution is -2.41. The Bertz CT molecular complexity index is 830. The minimum Gasteiger partial charge on any atom is -0.337 e. The molecule has 1 N–H and O–H groups in total. The normalized spacial score (nSPS) is 16.7. The van der Waals surface area contributed by atoms with Gasteiger partial charge in [-0.1, -0.05) is 19.1 Å². The number of fused-ring (bicyclic) bond motifs is 1. The molecule has 2 heterocycles. The van der Waals surface area contributed by atoms with E-state index < -0.39 is 0 Å². The first kappa shape index (κ1) is 20.8. The molecule has 1 amide bonds. The van der Waals surface area contributed by atoms with E-state index in [0.29, 0.717) is 17.3 Å². The number of rotatable bonds is 5. The second kappa shape index (κ2) is 9.05. The highest BCUT2D eigenvalue weighted by Gasteiger charge is 2.31. The second-order valence-corrected chi connectivity index (χ2v) is 7.53. The third-order valence-corrected chi connectivity index (χ3v) is 5.80. The Balaban J connectivity index is 0.00000225. The van der Waals surface area contributed by atoms with Crippen LogP contribution >= 0.6 is 12.4 Å². The number of nitrogens with zero attached hydrogens (tertiary/aromatic N) is 3. The Morgan fingerprint density at radius 3 is 2.71 bits per heavy atom. The van der Waals surface area contributed by atoms with Crippen LogP contribution < -0.4 is 5.32 Å². The van der Waals surface area contributed by atoms with Gasteiger partial charge in [0.05, 0.1) is 0 Å². The number of hydrogen-bond donors (Lipinski definition) is 1. The van der Waals surface area contributed by atoms with Gasteiger partial charge in [-0.2, -0.15) is 5.10 Å². The SMILES string of the molecule is CCNCC1CCN(C(=O)c2nn(-c3ccccc3F)c3c2CCC3)CC1.Cl. The molecule has 1 saturated heterocycles. The zero-order valence-electron chi connectivity index (χ0n) is 16.3. The van der Waals surface area contributed by atoms with Crippen LogP contribution in [0.2, 0.25) is 0 Å². The Morgan fingerprint density at radius 2 is 2.00 bits per heavy atom. The van der Waals surface area contributed by atoms with Crippen molar-refractivity contribution in [2.45, 2.75) is 39.0 Å². The summed E-state index contributed by atoms with van der Waals surface area (Å²) in [6.45, 7) is 5.67. The summed E-state index contributed by atoms with van der Waals surface area (Å²) in [5, 5.41) is 7.98. The fourth-order valence-electron chi connectivity index (χ4n) is 4.27. The van der Waals surface area contributed by atoms with Crippen molar-refractivity contribution in [3.8, 4) is 5.69 Å². The third kappa shape index (κ3) is 3.94. The van der Waals surface area contributed by atoms with Crippen LogP contribution in [0.25, 0.3) is 5.69 Å². The summed E-state index contributed by atoms with van der Waals surface area (Å²) in [5.74, 6) is 0.332. The van der Waals surface area contributed by atoms with E-state index in [1.54, 1.807) is 22.9 Å². The summed E-state index contributed by atoms with van der Waals surface area (Å²) in [7, 11) is 0. The summed E-state index contributed by atoms with van der Waals surface area (Å²) < 4.78 is 15.9. The average molecular weight is 407 g/mol. The number of piperidine rings is 1. The summed E-state index contributed by atoms with van der Waals surface area (Å²) >= 11 is 0. The molecule has 0 atom stereocenters. The fraction of sp³-hybridized carbons (Fsp3) is 0.524. The number of likely N-dealkylation sites (tertiary alicyclic amines) is 1. The lowest BCUT2D eigenvalue weighted by atomic mass is 9.96. The highest BCUT2D eigenvalue weighted by molar-refractivity contribution is 5.94. The summed E-state index contributed by atoms with van der Waals surface area (Å²) in [6, 6.07) is 6.64.